The number of para-hydroxylation sites is 1. The van der Waals surface area contributed by atoms with E-state index in [2.05, 4.69) is 10.5 Å². The van der Waals surface area contributed by atoms with Crippen LogP contribution in [0.4, 0.5) is 0 Å². The first-order valence-electron chi connectivity index (χ1n) is 9.05. The second-order valence-corrected chi connectivity index (χ2v) is 6.35. The number of hydrogen-bond donors (Lipinski definition) is 2. The van der Waals surface area contributed by atoms with Gasteiger partial charge in [0.2, 0.25) is 0 Å². The number of carbonyl (C=O) groups excluding carboxylic acids is 1. The van der Waals surface area contributed by atoms with Crippen molar-refractivity contribution in [3.8, 4) is 17.2 Å². The molecule has 0 aliphatic rings. The number of phenolic OH excluding ortho intramolecular Hbond substituents is 1. The van der Waals surface area contributed by atoms with Gasteiger partial charge in [0.15, 0.2) is 11.5 Å². The largest absolute Gasteiger partial charge is 0.507 e. The van der Waals surface area contributed by atoms with Crippen molar-refractivity contribution in [2.24, 2.45) is 5.10 Å². The number of benzene rings is 3. The Hall–Kier alpha value is -3.80. The van der Waals surface area contributed by atoms with E-state index in [1.165, 1.54) is 12.3 Å². The van der Waals surface area contributed by atoms with Crippen LogP contribution in [-0.2, 0) is 6.61 Å². The molecule has 0 aliphatic carbocycles. The molecule has 3 rings (SSSR count). The van der Waals surface area contributed by atoms with Gasteiger partial charge in [0.05, 0.1) is 18.9 Å². The molecule has 148 valence electrons. The normalized spacial score (nSPS) is 10.7. The molecule has 2 N–H and O–H groups in total. The highest BCUT2D eigenvalue weighted by Gasteiger charge is 2.11. The van der Waals surface area contributed by atoms with Crippen LogP contribution in [0.25, 0.3) is 0 Å². The minimum absolute atomic E-state index is 0.0539. The lowest BCUT2D eigenvalue weighted by molar-refractivity contribution is 0.0952. The van der Waals surface area contributed by atoms with Crippen molar-refractivity contribution in [3.63, 3.8) is 0 Å². The van der Waals surface area contributed by atoms with Gasteiger partial charge in [0, 0.05) is 0 Å². The van der Waals surface area contributed by atoms with Crippen molar-refractivity contribution in [2.45, 2.75) is 13.5 Å². The van der Waals surface area contributed by atoms with Crippen molar-refractivity contribution in [3.05, 3.63) is 89.0 Å². The molecule has 0 unspecified atom stereocenters. The second-order valence-electron chi connectivity index (χ2n) is 6.35. The van der Waals surface area contributed by atoms with Gasteiger partial charge in [-0.1, -0.05) is 42.5 Å². The molecule has 1 amide bonds. The lowest BCUT2D eigenvalue weighted by Gasteiger charge is -2.11. The third kappa shape index (κ3) is 5.13. The third-order valence-electron chi connectivity index (χ3n) is 4.29. The van der Waals surface area contributed by atoms with Gasteiger partial charge in [-0.25, -0.2) is 5.43 Å². The number of hydrazone groups is 1. The van der Waals surface area contributed by atoms with E-state index in [9.17, 15) is 9.90 Å². The van der Waals surface area contributed by atoms with E-state index in [-0.39, 0.29) is 11.3 Å². The summed E-state index contributed by atoms with van der Waals surface area (Å²) in [5.41, 5.74) is 4.99. The summed E-state index contributed by atoms with van der Waals surface area (Å²) in [6.07, 6.45) is 1.49. The second kappa shape index (κ2) is 9.41. The lowest BCUT2D eigenvalue weighted by atomic mass is 10.1. The SMILES string of the molecule is COc1cc(/C=N/NC(=O)c2cccc(C)c2O)ccc1OCc1ccccc1. The number of hydrogen-bond acceptors (Lipinski definition) is 5. The van der Waals surface area contributed by atoms with Gasteiger partial charge < -0.3 is 14.6 Å². The molecule has 3 aromatic carbocycles. The fraction of sp³-hybridized carbons (Fsp3) is 0.130. The first kappa shape index (κ1) is 19.9. The minimum atomic E-state index is -0.489. The van der Waals surface area contributed by atoms with Gasteiger partial charge >= 0.3 is 0 Å². The molecular weight excluding hydrogens is 368 g/mol. The van der Waals surface area contributed by atoms with E-state index in [1.54, 1.807) is 38.3 Å². The van der Waals surface area contributed by atoms with Crippen molar-refractivity contribution >= 4 is 12.1 Å². The molecule has 0 heterocycles. The van der Waals surface area contributed by atoms with Crippen LogP contribution in [0.5, 0.6) is 17.2 Å². The smallest absolute Gasteiger partial charge is 0.275 e. The summed E-state index contributed by atoms with van der Waals surface area (Å²) in [6, 6.07) is 20.2. The van der Waals surface area contributed by atoms with Gasteiger partial charge in [-0.2, -0.15) is 5.10 Å². The topological polar surface area (TPSA) is 80.2 Å². The predicted molar refractivity (Wildman–Crippen MR) is 112 cm³/mol. The summed E-state index contributed by atoms with van der Waals surface area (Å²) in [5, 5.41) is 13.9. The molecule has 0 fully saturated rings. The molecule has 0 spiro atoms. The van der Waals surface area contributed by atoms with Crippen LogP contribution >= 0.6 is 0 Å². The van der Waals surface area contributed by atoms with E-state index < -0.39 is 5.91 Å². The fourth-order valence-electron chi connectivity index (χ4n) is 2.69. The Balaban J connectivity index is 1.65. The highest BCUT2D eigenvalue weighted by molar-refractivity contribution is 5.97. The number of methoxy groups -OCH3 is 1. The maximum Gasteiger partial charge on any atom is 0.275 e. The van der Waals surface area contributed by atoms with Crippen molar-refractivity contribution in [2.75, 3.05) is 7.11 Å². The van der Waals surface area contributed by atoms with Crippen LogP contribution in [0.15, 0.2) is 71.8 Å². The molecule has 0 bridgehead atoms. The number of ether oxygens (including phenoxy) is 2. The predicted octanol–water partition coefficient (Wildman–Crippen LogP) is 4.05. The van der Waals surface area contributed by atoms with E-state index >= 15 is 0 Å². The zero-order valence-corrected chi connectivity index (χ0v) is 16.3. The molecule has 0 atom stereocenters. The van der Waals surface area contributed by atoms with E-state index in [4.69, 9.17) is 9.47 Å². The van der Waals surface area contributed by atoms with E-state index in [1.807, 2.05) is 36.4 Å². The number of nitrogens with zero attached hydrogens (tertiary/aromatic N) is 1. The van der Waals surface area contributed by atoms with Crippen LogP contribution in [0.3, 0.4) is 0 Å². The van der Waals surface area contributed by atoms with Crippen LogP contribution in [0.2, 0.25) is 0 Å². The monoisotopic (exact) mass is 390 g/mol. The van der Waals surface area contributed by atoms with Gasteiger partial charge in [-0.05, 0) is 47.9 Å². The Bertz CT molecular complexity index is 1020. The number of rotatable bonds is 7. The molecule has 0 aliphatic heterocycles. The summed E-state index contributed by atoms with van der Waals surface area (Å²) in [7, 11) is 1.56. The number of carbonyl (C=O) groups is 1. The zero-order chi connectivity index (χ0) is 20.6. The first-order chi connectivity index (χ1) is 14.1. The molecule has 6 nitrogen and oxygen atoms in total. The minimum Gasteiger partial charge on any atom is -0.507 e. The molecular formula is C23H22N2O4. The molecule has 6 heteroatoms. The van der Waals surface area contributed by atoms with E-state index in [0.29, 0.717) is 23.7 Å². The number of phenols is 1. The quantitative estimate of drug-likeness (QED) is 0.471. The van der Waals surface area contributed by atoms with Crippen molar-refractivity contribution in [1.82, 2.24) is 5.43 Å². The maximum atomic E-state index is 12.2. The first-order valence-corrected chi connectivity index (χ1v) is 9.05. The number of aromatic hydroxyl groups is 1. The van der Waals surface area contributed by atoms with Gasteiger partial charge in [0.1, 0.15) is 12.4 Å². The molecule has 0 radical (unpaired) electrons. The molecule has 0 saturated carbocycles. The standard InChI is InChI=1S/C23H22N2O4/c1-16-7-6-10-19(22(16)26)23(27)25-24-14-18-11-12-20(21(13-18)28-2)29-15-17-8-4-3-5-9-17/h3-14,26H,15H2,1-2H3,(H,25,27)/b24-14+. The average molecular weight is 390 g/mol. The van der Waals surface area contributed by atoms with Crippen LogP contribution < -0.4 is 14.9 Å². The summed E-state index contributed by atoms with van der Waals surface area (Å²) in [4.78, 5) is 12.2. The summed E-state index contributed by atoms with van der Waals surface area (Å²) < 4.78 is 11.2. The van der Waals surface area contributed by atoms with Crippen LogP contribution in [0.1, 0.15) is 27.0 Å². The Labute approximate surface area is 169 Å². The number of amides is 1. The lowest BCUT2D eigenvalue weighted by Crippen LogP contribution is -2.17. The van der Waals surface area contributed by atoms with Crippen LogP contribution in [-0.4, -0.2) is 24.3 Å². The molecule has 3 aromatic rings. The van der Waals surface area contributed by atoms with Gasteiger partial charge in [0.25, 0.3) is 5.91 Å². The van der Waals surface area contributed by atoms with Crippen molar-refractivity contribution in [1.29, 1.82) is 0 Å². The van der Waals surface area contributed by atoms with E-state index in [0.717, 1.165) is 11.1 Å². The summed E-state index contributed by atoms with van der Waals surface area (Å²) in [6.45, 7) is 2.16. The van der Waals surface area contributed by atoms with Gasteiger partial charge in [-0.3, -0.25) is 4.79 Å². The summed E-state index contributed by atoms with van der Waals surface area (Å²) in [5.74, 6) is 0.633. The van der Waals surface area contributed by atoms with Crippen molar-refractivity contribution < 1.29 is 19.4 Å². The third-order valence-corrected chi connectivity index (χ3v) is 4.29. The molecule has 0 aromatic heterocycles. The highest BCUT2D eigenvalue weighted by Crippen LogP contribution is 2.28. The average Bonchev–Trinajstić information content (AvgIpc) is 2.75. The zero-order valence-electron chi connectivity index (χ0n) is 16.3. The Morgan fingerprint density at radius 3 is 2.62 bits per heavy atom. The van der Waals surface area contributed by atoms with Crippen LogP contribution in [0, 0.1) is 6.92 Å². The number of aryl methyl sites for hydroxylation is 1. The van der Waals surface area contributed by atoms with Gasteiger partial charge in [-0.15, -0.1) is 0 Å². The summed E-state index contributed by atoms with van der Waals surface area (Å²) >= 11 is 0. The Morgan fingerprint density at radius 1 is 1.07 bits per heavy atom. The number of nitrogens with one attached hydrogen (secondary N) is 1. The fourth-order valence-corrected chi connectivity index (χ4v) is 2.69. The maximum absolute atomic E-state index is 12.2. The highest BCUT2D eigenvalue weighted by atomic mass is 16.5. The molecule has 0 saturated heterocycles. The Morgan fingerprint density at radius 2 is 1.86 bits per heavy atom. The Kier molecular flexibility index (Phi) is 6.47. The molecule has 29 heavy (non-hydrogen) atoms.